The summed E-state index contributed by atoms with van der Waals surface area (Å²) < 4.78 is 11.2. The van der Waals surface area contributed by atoms with Gasteiger partial charge in [0.15, 0.2) is 5.76 Å². The van der Waals surface area contributed by atoms with Gasteiger partial charge in [0.1, 0.15) is 5.58 Å². The Morgan fingerprint density at radius 2 is 1.76 bits per heavy atom. The molecule has 0 radical (unpaired) electrons. The van der Waals surface area contributed by atoms with E-state index >= 15 is 0 Å². The van der Waals surface area contributed by atoms with Crippen molar-refractivity contribution in [3.05, 3.63) is 59.2 Å². The van der Waals surface area contributed by atoms with Crippen LogP contribution in [0.25, 0.3) is 34.0 Å². The SMILES string of the molecule is Cc1ccc(C)c2oc(-c3nc(-c4ccc(C(=O)O)cc4)no3)cc12. The number of carboxylic acids is 1. The topological polar surface area (TPSA) is 89.4 Å². The molecule has 4 rings (SSSR count). The maximum atomic E-state index is 10.9. The fraction of sp³-hybridized carbons (Fsp3) is 0.105. The zero-order valence-electron chi connectivity index (χ0n) is 13.6. The lowest BCUT2D eigenvalue weighted by atomic mass is 10.1. The summed E-state index contributed by atoms with van der Waals surface area (Å²) in [7, 11) is 0. The van der Waals surface area contributed by atoms with Gasteiger partial charge in [0.05, 0.1) is 5.56 Å². The molecule has 0 fully saturated rings. The van der Waals surface area contributed by atoms with Crippen molar-refractivity contribution in [2.24, 2.45) is 0 Å². The predicted octanol–water partition coefficient (Wildman–Crippen LogP) is 4.46. The highest BCUT2D eigenvalue weighted by Gasteiger charge is 2.17. The number of hydrogen-bond donors (Lipinski definition) is 1. The number of furan rings is 1. The van der Waals surface area contributed by atoms with Crippen LogP contribution in [-0.2, 0) is 0 Å². The van der Waals surface area contributed by atoms with E-state index in [2.05, 4.69) is 10.1 Å². The van der Waals surface area contributed by atoms with Gasteiger partial charge in [-0.15, -0.1) is 0 Å². The second-order valence-corrected chi connectivity index (χ2v) is 5.86. The fourth-order valence-corrected chi connectivity index (χ4v) is 2.70. The normalized spacial score (nSPS) is 11.1. The van der Waals surface area contributed by atoms with Gasteiger partial charge in [-0.05, 0) is 43.2 Å². The van der Waals surface area contributed by atoms with E-state index in [1.807, 2.05) is 32.0 Å². The molecule has 124 valence electrons. The Morgan fingerprint density at radius 1 is 1.04 bits per heavy atom. The first-order chi connectivity index (χ1) is 12.0. The summed E-state index contributed by atoms with van der Waals surface area (Å²) in [4.78, 5) is 15.3. The van der Waals surface area contributed by atoms with Crippen LogP contribution in [-0.4, -0.2) is 21.2 Å². The third-order valence-electron chi connectivity index (χ3n) is 4.13. The molecule has 0 saturated carbocycles. The van der Waals surface area contributed by atoms with E-state index < -0.39 is 5.97 Å². The molecule has 0 aliphatic heterocycles. The molecular formula is C19H14N2O4. The second-order valence-electron chi connectivity index (χ2n) is 5.86. The van der Waals surface area contributed by atoms with Gasteiger partial charge >= 0.3 is 5.97 Å². The average Bonchev–Trinajstić information content (AvgIpc) is 3.26. The molecule has 4 aromatic rings. The van der Waals surface area contributed by atoms with Crippen LogP contribution in [0.1, 0.15) is 21.5 Å². The molecule has 6 heteroatoms. The van der Waals surface area contributed by atoms with E-state index in [1.54, 1.807) is 12.1 Å². The minimum atomic E-state index is -0.978. The van der Waals surface area contributed by atoms with Crippen molar-refractivity contribution in [2.75, 3.05) is 0 Å². The number of fused-ring (bicyclic) bond motifs is 1. The Hall–Kier alpha value is -3.41. The number of nitrogens with zero attached hydrogens (tertiary/aromatic N) is 2. The van der Waals surface area contributed by atoms with Crippen LogP contribution in [0.3, 0.4) is 0 Å². The first-order valence-corrected chi connectivity index (χ1v) is 7.70. The van der Waals surface area contributed by atoms with E-state index in [4.69, 9.17) is 14.0 Å². The largest absolute Gasteiger partial charge is 0.478 e. The van der Waals surface area contributed by atoms with Crippen molar-refractivity contribution in [2.45, 2.75) is 13.8 Å². The van der Waals surface area contributed by atoms with Gasteiger partial charge in [-0.1, -0.05) is 29.4 Å². The quantitative estimate of drug-likeness (QED) is 0.595. The van der Waals surface area contributed by atoms with Gasteiger partial charge in [0, 0.05) is 10.9 Å². The number of aromatic nitrogens is 2. The summed E-state index contributed by atoms with van der Waals surface area (Å²) in [5, 5.41) is 13.9. The molecule has 0 bridgehead atoms. The molecule has 0 spiro atoms. The van der Waals surface area contributed by atoms with Crippen molar-refractivity contribution in [3.8, 4) is 23.0 Å². The van der Waals surface area contributed by atoms with Crippen molar-refractivity contribution in [3.63, 3.8) is 0 Å². The summed E-state index contributed by atoms with van der Waals surface area (Å²) >= 11 is 0. The molecule has 0 aliphatic carbocycles. The lowest BCUT2D eigenvalue weighted by Crippen LogP contribution is -1.95. The standard InChI is InChI=1S/C19H14N2O4/c1-10-3-4-11(2)16-14(10)9-15(24-16)18-20-17(21-25-18)12-5-7-13(8-6-12)19(22)23/h3-9H,1-2H3,(H,22,23). The molecule has 6 nitrogen and oxygen atoms in total. The third kappa shape index (κ3) is 2.57. The van der Waals surface area contributed by atoms with Crippen LogP contribution in [0.15, 0.2) is 51.4 Å². The highest BCUT2D eigenvalue weighted by atomic mass is 16.5. The third-order valence-corrected chi connectivity index (χ3v) is 4.13. The van der Waals surface area contributed by atoms with E-state index in [0.717, 1.165) is 22.1 Å². The van der Waals surface area contributed by atoms with Gasteiger partial charge < -0.3 is 14.0 Å². The Bertz CT molecular complexity index is 1050. The summed E-state index contributed by atoms with van der Waals surface area (Å²) in [6.45, 7) is 4.00. The molecule has 0 aliphatic rings. The van der Waals surface area contributed by atoms with Crippen LogP contribution in [0.2, 0.25) is 0 Å². The van der Waals surface area contributed by atoms with E-state index in [0.29, 0.717) is 17.1 Å². The number of aryl methyl sites for hydroxylation is 2. The van der Waals surface area contributed by atoms with Crippen molar-refractivity contribution < 1.29 is 18.8 Å². The molecule has 25 heavy (non-hydrogen) atoms. The first kappa shape index (κ1) is 15.1. The molecule has 0 saturated heterocycles. The predicted molar refractivity (Wildman–Crippen MR) is 91.4 cm³/mol. The number of aromatic carboxylic acids is 1. The maximum Gasteiger partial charge on any atom is 0.335 e. The number of hydrogen-bond acceptors (Lipinski definition) is 5. The van der Waals surface area contributed by atoms with Crippen molar-refractivity contribution in [1.29, 1.82) is 0 Å². The molecule has 2 aromatic carbocycles. The zero-order valence-corrected chi connectivity index (χ0v) is 13.6. The van der Waals surface area contributed by atoms with E-state index in [9.17, 15) is 4.79 Å². The summed E-state index contributed by atoms with van der Waals surface area (Å²) in [6, 6.07) is 12.2. The Kier molecular flexibility index (Phi) is 3.39. The highest BCUT2D eigenvalue weighted by Crippen LogP contribution is 2.31. The molecule has 1 N–H and O–H groups in total. The average molecular weight is 334 g/mol. The molecule has 2 heterocycles. The number of carboxylic acid groups (broad SMARTS) is 1. The molecule has 0 unspecified atom stereocenters. The molecule has 0 atom stereocenters. The summed E-state index contributed by atoms with van der Waals surface area (Å²) in [6.07, 6.45) is 0. The number of rotatable bonds is 3. The Morgan fingerprint density at radius 3 is 2.44 bits per heavy atom. The van der Waals surface area contributed by atoms with Crippen LogP contribution in [0.4, 0.5) is 0 Å². The van der Waals surface area contributed by atoms with Crippen LogP contribution >= 0.6 is 0 Å². The van der Waals surface area contributed by atoms with Crippen LogP contribution in [0.5, 0.6) is 0 Å². The maximum absolute atomic E-state index is 10.9. The Balaban J connectivity index is 1.73. The molecular weight excluding hydrogens is 320 g/mol. The van der Waals surface area contributed by atoms with Crippen LogP contribution in [0, 0.1) is 13.8 Å². The summed E-state index contributed by atoms with van der Waals surface area (Å²) in [5.74, 6) is 0.190. The van der Waals surface area contributed by atoms with Gasteiger partial charge in [-0.25, -0.2) is 4.79 Å². The number of benzene rings is 2. The van der Waals surface area contributed by atoms with E-state index in [1.165, 1.54) is 12.1 Å². The monoisotopic (exact) mass is 334 g/mol. The van der Waals surface area contributed by atoms with Gasteiger partial charge in [-0.2, -0.15) is 4.98 Å². The van der Waals surface area contributed by atoms with Crippen molar-refractivity contribution in [1.82, 2.24) is 10.1 Å². The highest BCUT2D eigenvalue weighted by molar-refractivity contribution is 5.88. The summed E-state index contributed by atoms with van der Waals surface area (Å²) in [5.41, 5.74) is 3.83. The lowest BCUT2D eigenvalue weighted by Gasteiger charge is -1.96. The second kappa shape index (κ2) is 5.59. The Labute approximate surface area is 142 Å². The molecule has 0 amide bonds. The minimum absolute atomic E-state index is 0.204. The first-order valence-electron chi connectivity index (χ1n) is 7.70. The van der Waals surface area contributed by atoms with Gasteiger partial charge in [0.25, 0.3) is 5.89 Å². The number of carbonyl (C=O) groups is 1. The van der Waals surface area contributed by atoms with Crippen molar-refractivity contribution >= 4 is 16.9 Å². The van der Waals surface area contributed by atoms with Crippen LogP contribution < -0.4 is 0 Å². The smallest absolute Gasteiger partial charge is 0.335 e. The van der Waals surface area contributed by atoms with Gasteiger partial charge in [-0.3, -0.25) is 0 Å². The van der Waals surface area contributed by atoms with Gasteiger partial charge in [0.2, 0.25) is 5.82 Å². The molecule has 2 aromatic heterocycles. The lowest BCUT2D eigenvalue weighted by molar-refractivity contribution is 0.0697. The van der Waals surface area contributed by atoms with E-state index in [-0.39, 0.29) is 11.5 Å². The zero-order chi connectivity index (χ0) is 17.6. The minimum Gasteiger partial charge on any atom is -0.478 e. The fourth-order valence-electron chi connectivity index (χ4n) is 2.70.